The van der Waals surface area contributed by atoms with E-state index in [2.05, 4.69) is 0 Å². The molecule has 0 bridgehead atoms. The molecule has 21 heavy (non-hydrogen) atoms. The van der Waals surface area contributed by atoms with Gasteiger partial charge in [-0.3, -0.25) is 25.0 Å². The SMILES string of the molecule is O=Cc1cc(Oc2ccccc2[N+](=O)[O-])ccc1[N+](=O)[O-]. The van der Waals surface area contributed by atoms with Gasteiger partial charge in [0.2, 0.25) is 5.75 Å². The summed E-state index contributed by atoms with van der Waals surface area (Å²) in [4.78, 5) is 31.1. The molecule has 2 aromatic rings. The Balaban J connectivity index is 2.39. The number of hydrogen-bond donors (Lipinski definition) is 0. The Labute approximate surface area is 117 Å². The van der Waals surface area contributed by atoms with Crippen molar-refractivity contribution in [2.75, 3.05) is 0 Å². The first kappa shape index (κ1) is 14.1. The third-order valence-corrected chi connectivity index (χ3v) is 2.61. The summed E-state index contributed by atoms with van der Waals surface area (Å²) in [6, 6.07) is 9.21. The van der Waals surface area contributed by atoms with Gasteiger partial charge in [0.25, 0.3) is 5.69 Å². The minimum absolute atomic E-state index is 0.0202. The minimum atomic E-state index is -0.696. The van der Waals surface area contributed by atoms with Crippen LogP contribution in [-0.4, -0.2) is 16.1 Å². The molecular formula is C13H8N2O6. The van der Waals surface area contributed by atoms with E-state index in [9.17, 15) is 25.0 Å². The fourth-order valence-electron chi connectivity index (χ4n) is 1.68. The third-order valence-electron chi connectivity index (χ3n) is 2.61. The molecule has 106 valence electrons. The Bertz CT molecular complexity index is 728. The maximum absolute atomic E-state index is 10.9. The topological polar surface area (TPSA) is 113 Å². The molecule has 0 aromatic heterocycles. The summed E-state index contributed by atoms with van der Waals surface area (Å²) in [5.74, 6) is 0.0743. The number of nitrogens with zero attached hydrogens (tertiary/aromatic N) is 2. The van der Waals surface area contributed by atoms with Gasteiger partial charge >= 0.3 is 5.69 Å². The molecule has 0 heterocycles. The summed E-state index contributed by atoms with van der Waals surface area (Å²) < 4.78 is 5.32. The summed E-state index contributed by atoms with van der Waals surface area (Å²) in [5, 5.41) is 21.6. The number of carbonyl (C=O) groups excluding carboxylic acids is 1. The first-order chi connectivity index (χ1) is 10.0. The molecule has 0 aliphatic rings. The molecule has 0 N–H and O–H groups in total. The molecule has 0 aliphatic carbocycles. The number of nitro benzene ring substituents is 2. The summed E-state index contributed by atoms with van der Waals surface area (Å²) in [5.41, 5.74) is -0.778. The van der Waals surface area contributed by atoms with E-state index in [1.165, 1.54) is 24.3 Å². The van der Waals surface area contributed by atoms with Crippen LogP contribution in [0.3, 0.4) is 0 Å². The Kier molecular flexibility index (Phi) is 3.89. The average molecular weight is 288 g/mol. The highest BCUT2D eigenvalue weighted by Crippen LogP contribution is 2.32. The average Bonchev–Trinajstić information content (AvgIpc) is 2.47. The Hall–Kier alpha value is -3.29. The number of carbonyl (C=O) groups is 1. The number of benzene rings is 2. The zero-order chi connectivity index (χ0) is 15.4. The van der Waals surface area contributed by atoms with Gasteiger partial charge < -0.3 is 4.74 Å². The van der Waals surface area contributed by atoms with Crippen LogP contribution < -0.4 is 4.74 Å². The van der Waals surface area contributed by atoms with Crippen molar-refractivity contribution in [1.82, 2.24) is 0 Å². The number of nitro groups is 2. The molecule has 0 aliphatic heterocycles. The van der Waals surface area contributed by atoms with Crippen LogP contribution in [0.15, 0.2) is 42.5 Å². The summed E-state index contributed by atoms with van der Waals surface area (Å²) in [7, 11) is 0. The van der Waals surface area contributed by atoms with E-state index in [0.29, 0.717) is 6.29 Å². The van der Waals surface area contributed by atoms with Crippen molar-refractivity contribution in [3.63, 3.8) is 0 Å². The predicted octanol–water partition coefficient (Wildman–Crippen LogP) is 3.11. The second-order valence-corrected chi connectivity index (χ2v) is 3.92. The fraction of sp³-hybridized carbons (Fsp3) is 0. The van der Waals surface area contributed by atoms with E-state index in [0.717, 1.165) is 12.1 Å². The molecule has 0 radical (unpaired) electrons. The molecule has 0 unspecified atom stereocenters. The van der Waals surface area contributed by atoms with E-state index in [1.807, 2.05) is 0 Å². The van der Waals surface area contributed by atoms with Gasteiger partial charge in [0.05, 0.1) is 15.4 Å². The number of hydrogen-bond acceptors (Lipinski definition) is 6. The molecule has 8 heteroatoms. The smallest absolute Gasteiger partial charge is 0.311 e. The van der Waals surface area contributed by atoms with Crippen LogP contribution >= 0.6 is 0 Å². The lowest BCUT2D eigenvalue weighted by Gasteiger charge is -2.06. The lowest BCUT2D eigenvalue weighted by atomic mass is 10.2. The largest absolute Gasteiger partial charge is 0.450 e. The molecule has 0 saturated heterocycles. The van der Waals surface area contributed by atoms with E-state index in [4.69, 9.17) is 4.74 Å². The molecule has 2 rings (SSSR count). The second-order valence-electron chi connectivity index (χ2n) is 3.92. The van der Waals surface area contributed by atoms with Gasteiger partial charge in [0.15, 0.2) is 6.29 Å². The van der Waals surface area contributed by atoms with Gasteiger partial charge in [0.1, 0.15) is 5.75 Å². The van der Waals surface area contributed by atoms with Gasteiger partial charge in [-0.2, -0.15) is 0 Å². The number of rotatable bonds is 5. The van der Waals surface area contributed by atoms with Crippen molar-refractivity contribution in [2.45, 2.75) is 0 Å². The quantitative estimate of drug-likeness (QED) is 0.474. The first-order valence-electron chi connectivity index (χ1n) is 5.68. The minimum Gasteiger partial charge on any atom is -0.450 e. The Morgan fingerprint density at radius 1 is 0.952 bits per heavy atom. The van der Waals surface area contributed by atoms with Crippen molar-refractivity contribution >= 4 is 17.7 Å². The van der Waals surface area contributed by atoms with Gasteiger partial charge in [-0.05, 0) is 18.2 Å². The number of ether oxygens (including phenoxy) is 1. The normalized spacial score (nSPS) is 9.90. The predicted molar refractivity (Wildman–Crippen MR) is 71.7 cm³/mol. The summed E-state index contributed by atoms with van der Waals surface area (Å²) >= 11 is 0. The van der Waals surface area contributed by atoms with Crippen molar-refractivity contribution < 1.29 is 19.4 Å². The highest BCUT2D eigenvalue weighted by molar-refractivity contribution is 5.82. The molecule has 0 spiro atoms. The summed E-state index contributed by atoms with van der Waals surface area (Å²) in [6.07, 6.45) is 0.324. The fourth-order valence-corrected chi connectivity index (χ4v) is 1.68. The highest BCUT2D eigenvalue weighted by atomic mass is 16.6. The van der Waals surface area contributed by atoms with Crippen LogP contribution in [-0.2, 0) is 0 Å². The van der Waals surface area contributed by atoms with Gasteiger partial charge in [-0.25, -0.2) is 0 Å². The summed E-state index contributed by atoms with van der Waals surface area (Å²) in [6.45, 7) is 0. The molecule has 0 fully saturated rings. The molecule has 2 aromatic carbocycles. The zero-order valence-electron chi connectivity index (χ0n) is 10.5. The second kappa shape index (κ2) is 5.78. The van der Waals surface area contributed by atoms with E-state index in [-0.39, 0.29) is 28.4 Å². The van der Waals surface area contributed by atoms with Gasteiger partial charge in [-0.15, -0.1) is 0 Å². The number of para-hydroxylation sites is 2. The third kappa shape index (κ3) is 3.00. The van der Waals surface area contributed by atoms with Crippen LogP contribution in [0.2, 0.25) is 0 Å². The molecule has 0 saturated carbocycles. The zero-order valence-corrected chi connectivity index (χ0v) is 10.5. The molecule has 0 amide bonds. The lowest BCUT2D eigenvalue weighted by Crippen LogP contribution is -1.96. The van der Waals surface area contributed by atoms with Crippen LogP contribution in [0, 0.1) is 20.2 Å². The molecule has 8 nitrogen and oxygen atoms in total. The Morgan fingerprint density at radius 2 is 1.62 bits per heavy atom. The van der Waals surface area contributed by atoms with Crippen LogP contribution in [0.4, 0.5) is 11.4 Å². The van der Waals surface area contributed by atoms with Crippen molar-refractivity contribution in [2.24, 2.45) is 0 Å². The van der Waals surface area contributed by atoms with Gasteiger partial charge in [-0.1, -0.05) is 12.1 Å². The van der Waals surface area contributed by atoms with E-state index >= 15 is 0 Å². The lowest BCUT2D eigenvalue weighted by molar-refractivity contribution is -0.385. The maximum Gasteiger partial charge on any atom is 0.311 e. The molecular weight excluding hydrogens is 280 g/mol. The Morgan fingerprint density at radius 3 is 2.24 bits per heavy atom. The maximum atomic E-state index is 10.9. The molecule has 0 atom stereocenters. The van der Waals surface area contributed by atoms with Crippen molar-refractivity contribution in [3.8, 4) is 11.5 Å². The van der Waals surface area contributed by atoms with E-state index in [1.54, 1.807) is 6.07 Å². The standard InChI is InChI=1S/C13H8N2O6/c16-8-9-7-10(5-6-11(9)14(17)18)21-13-4-2-1-3-12(13)15(19)20/h1-8H. The first-order valence-corrected chi connectivity index (χ1v) is 5.68. The van der Waals surface area contributed by atoms with Gasteiger partial charge in [0, 0.05) is 12.1 Å². The highest BCUT2D eigenvalue weighted by Gasteiger charge is 2.17. The van der Waals surface area contributed by atoms with Crippen LogP contribution in [0.25, 0.3) is 0 Å². The van der Waals surface area contributed by atoms with Crippen molar-refractivity contribution in [3.05, 3.63) is 68.3 Å². The van der Waals surface area contributed by atoms with Crippen LogP contribution in [0.5, 0.6) is 11.5 Å². The van der Waals surface area contributed by atoms with Crippen molar-refractivity contribution in [1.29, 1.82) is 0 Å². The number of aldehydes is 1. The van der Waals surface area contributed by atoms with Crippen LogP contribution in [0.1, 0.15) is 10.4 Å². The van der Waals surface area contributed by atoms with E-state index < -0.39 is 9.85 Å². The monoisotopic (exact) mass is 288 g/mol.